The lowest BCUT2D eigenvalue weighted by Gasteiger charge is -2.12. The number of hydrogen-bond donors (Lipinski definition) is 4. The van der Waals surface area contributed by atoms with Crippen LogP contribution >= 0.6 is 0 Å². The predicted molar refractivity (Wildman–Crippen MR) is 106 cm³/mol. The molecule has 0 unspecified atom stereocenters. The van der Waals surface area contributed by atoms with Crippen LogP contribution in [-0.2, 0) is 9.59 Å². The van der Waals surface area contributed by atoms with Crippen LogP contribution in [-0.4, -0.2) is 47.9 Å². The topological polar surface area (TPSA) is 120 Å². The zero-order chi connectivity index (χ0) is 20.4. The van der Waals surface area contributed by atoms with Crippen molar-refractivity contribution in [2.45, 2.75) is 38.1 Å². The zero-order valence-electron chi connectivity index (χ0n) is 15.5. The van der Waals surface area contributed by atoms with Crippen LogP contribution in [0, 0.1) is 12.3 Å². The van der Waals surface area contributed by atoms with Crippen molar-refractivity contribution in [3.63, 3.8) is 0 Å². The van der Waals surface area contributed by atoms with Gasteiger partial charge in [-0.05, 0) is 31.0 Å². The molecule has 1 aromatic carbocycles. The number of benzene rings is 1. The van der Waals surface area contributed by atoms with Crippen LogP contribution in [0.1, 0.15) is 42.5 Å². The number of aliphatic imine (C=N–C) groups is 1. The van der Waals surface area contributed by atoms with Crippen LogP contribution in [0.5, 0.6) is 0 Å². The zero-order valence-corrected chi connectivity index (χ0v) is 15.5. The van der Waals surface area contributed by atoms with E-state index in [2.05, 4.69) is 26.9 Å². The van der Waals surface area contributed by atoms with Gasteiger partial charge in [-0.25, -0.2) is 0 Å². The number of terminal acetylenes is 1. The second-order valence-corrected chi connectivity index (χ2v) is 6.41. The third-order valence-corrected chi connectivity index (χ3v) is 4.11. The van der Waals surface area contributed by atoms with Gasteiger partial charge in [0.1, 0.15) is 11.9 Å². The Hall–Kier alpha value is -3.34. The number of amides is 2. The predicted octanol–water partition coefficient (Wildman–Crippen LogP) is 1.39. The van der Waals surface area contributed by atoms with Gasteiger partial charge < -0.3 is 21.1 Å². The first kappa shape index (κ1) is 21.0. The monoisotopic (exact) mass is 384 g/mol. The van der Waals surface area contributed by atoms with E-state index in [-0.39, 0.29) is 13.0 Å². The number of rotatable bonds is 7. The second kappa shape index (κ2) is 10.7. The van der Waals surface area contributed by atoms with Crippen LogP contribution in [0.2, 0.25) is 0 Å². The highest BCUT2D eigenvalue weighted by molar-refractivity contribution is 5.99. The highest BCUT2D eigenvalue weighted by Crippen LogP contribution is 2.14. The number of carbonyl (C=O) groups excluding carboxylic acids is 2. The van der Waals surface area contributed by atoms with Crippen molar-refractivity contribution >= 4 is 29.3 Å². The fraction of sp³-hybridized carbons (Fsp3) is 0.400. The summed E-state index contributed by atoms with van der Waals surface area (Å²) in [5.41, 5.74) is 1.15. The minimum absolute atomic E-state index is 0.305. The van der Waals surface area contributed by atoms with E-state index in [0.29, 0.717) is 5.56 Å². The lowest BCUT2D eigenvalue weighted by molar-refractivity contribution is -0.137. The smallest absolute Gasteiger partial charge is 0.306 e. The Labute approximate surface area is 163 Å². The fourth-order valence-corrected chi connectivity index (χ4v) is 2.72. The maximum Gasteiger partial charge on any atom is 0.306 e. The molecule has 1 aromatic rings. The van der Waals surface area contributed by atoms with E-state index in [1.165, 1.54) is 0 Å². The molecule has 0 spiro atoms. The first-order chi connectivity index (χ1) is 13.5. The van der Waals surface area contributed by atoms with Gasteiger partial charge in [0.2, 0.25) is 5.91 Å². The number of nitrogens with zero attached hydrogens (tertiary/aromatic N) is 1. The molecule has 1 atom stereocenters. The summed E-state index contributed by atoms with van der Waals surface area (Å²) in [6, 6.07) is 6.00. The molecule has 0 aromatic heterocycles. The van der Waals surface area contributed by atoms with Crippen LogP contribution in [0.25, 0.3) is 0 Å². The SMILES string of the molecule is C#C[C@H](CC(=O)O)NC(=O)CNC(=O)c1cccc(NC2=NCCCCC2)c1. The quantitative estimate of drug-likeness (QED) is 0.530. The molecule has 4 N–H and O–H groups in total. The Kier molecular flexibility index (Phi) is 8.03. The van der Waals surface area contributed by atoms with Crippen molar-refractivity contribution in [2.75, 3.05) is 18.4 Å². The highest BCUT2D eigenvalue weighted by atomic mass is 16.4. The van der Waals surface area contributed by atoms with Crippen LogP contribution < -0.4 is 16.0 Å². The molecule has 0 fully saturated rings. The molecule has 0 bridgehead atoms. The van der Waals surface area contributed by atoms with E-state index in [0.717, 1.165) is 43.8 Å². The van der Waals surface area contributed by atoms with Gasteiger partial charge >= 0.3 is 5.97 Å². The number of amidine groups is 1. The van der Waals surface area contributed by atoms with Crippen molar-refractivity contribution in [1.29, 1.82) is 0 Å². The Morgan fingerprint density at radius 2 is 2.07 bits per heavy atom. The normalized spacial score (nSPS) is 14.6. The summed E-state index contributed by atoms with van der Waals surface area (Å²) in [4.78, 5) is 39.3. The van der Waals surface area contributed by atoms with Gasteiger partial charge in [0.25, 0.3) is 5.91 Å². The molecule has 28 heavy (non-hydrogen) atoms. The molecule has 1 aliphatic rings. The first-order valence-corrected chi connectivity index (χ1v) is 9.14. The van der Waals surface area contributed by atoms with Crippen molar-refractivity contribution in [3.8, 4) is 12.3 Å². The number of aliphatic carboxylic acids is 1. The van der Waals surface area contributed by atoms with Gasteiger partial charge in [0.15, 0.2) is 0 Å². The summed E-state index contributed by atoms with van der Waals surface area (Å²) in [5.74, 6) is 1.01. The molecule has 8 heteroatoms. The Morgan fingerprint density at radius 1 is 1.25 bits per heavy atom. The minimum Gasteiger partial charge on any atom is -0.481 e. The largest absolute Gasteiger partial charge is 0.481 e. The maximum atomic E-state index is 12.3. The summed E-state index contributed by atoms with van der Waals surface area (Å²) >= 11 is 0. The lowest BCUT2D eigenvalue weighted by atomic mass is 10.1. The van der Waals surface area contributed by atoms with E-state index in [1.807, 2.05) is 6.07 Å². The average molecular weight is 384 g/mol. The molecule has 148 valence electrons. The molecule has 1 aliphatic heterocycles. The van der Waals surface area contributed by atoms with Crippen LogP contribution in [0.4, 0.5) is 5.69 Å². The van der Waals surface area contributed by atoms with Crippen molar-refractivity contribution < 1.29 is 19.5 Å². The molecule has 1 heterocycles. The minimum atomic E-state index is -1.12. The average Bonchev–Trinajstić information content (AvgIpc) is 2.94. The van der Waals surface area contributed by atoms with Crippen molar-refractivity contribution in [3.05, 3.63) is 29.8 Å². The molecular formula is C20H24N4O4. The molecule has 2 rings (SSSR count). The number of carbonyl (C=O) groups is 3. The first-order valence-electron chi connectivity index (χ1n) is 9.14. The molecule has 2 amide bonds. The van der Waals surface area contributed by atoms with Gasteiger partial charge in [0, 0.05) is 24.2 Å². The second-order valence-electron chi connectivity index (χ2n) is 6.41. The van der Waals surface area contributed by atoms with Gasteiger partial charge in [-0.1, -0.05) is 18.4 Å². The number of nitrogens with one attached hydrogen (secondary N) is 3. The number of carboxylic acid groups (broad SMARTS) is 1. The molecule has 0 radical (unpaired) electrons. The Bertz CT molecular complexity index is 798. The highest BCUT2D eigenvalue weighted by Gasteiger charge is 2.15. The van der Waals surface area contributed by atoms with Gasteiger partial charge in [0.05, 0.1) is 13.0 Å². The van der Waals surface area contributed by atoms with E-state index in [9.17, 15) is 14.4 Å². The van der Waals surface area contributed by atoms with Gasteiger partial charge in [-0.2, -0.15) is 0 Å². The summed E-state index contributed by atoms with van der Waals surface area (Å²) in [5, 5.41) is 16.8. The van der Waals surface area contributed by atoms with Gasteiger partial charge in [-0.3, -0.25) is 19.4 Å². The van der Waals surface area contributed by atoms with Crippen LogP contribution in [0.15, 0.2) is 29.3 Å². The van der Waals surface area contributed by atoms with Crippen molar-refractivity contribution in [1.82, 2.24) is 10.6 Å². The molecular weight excluding hydrogens is 360 g/mol. The molecule has 8 nitrogen and oxygen atoms in total. The third-order valence-electron chi connectivity index (χ3n) is 4.11. The van der Waals surface area contributed by atoms with E-state index < -0.39 is 23.8 Å². The summed E-state index contributed by atoms with van der Waals surface area (Å²) in [7, 11) is 0. The summed E-state index contributed by atoms with van der Waals surface area (Å²) in [6.45, 7) is 0.499. The molecule has 0 aliphatic carbocycles. The molecule has 0 saturated heterocycles. The summed E-state index contributed by atoms with van der Waals surface area (Å²) in [6.07, 6.45) is 9.01. The van der Waals surface area contributed by atoms with Gasteiger partial charge in [-0.15, -0.1) is 6.42 Å². The maximum absolute atomic E-state index is 12.3. The van der Waals surface area contributed by atoms with E-state index >= 15 is 0 Å². The third kappa shape index (κ3) is 7.11. The van der Waals surface area contributed by atoms with E-state index in [4.69, 9.17) is 11.5 Å². The Balaban J connectivity index is 1.88. The number of anilines is 1. The Morgan fingerprint density at radius 3 is 2.82 bits per heavy atom. The fourth-order valence-electron chi connectivity index (χ4n) is 2.72. The lowest BCUT2D eigenvalue weighted by Crippen LogP contribution is -2.42. The summed E-state index contributed by atoms with van der Waals surface area (Å²) < 4.78 is 0. The number of hydrogen-bond acceptors (Lipinski definition) is 5. The van der Waals surface area contributed by atoms with Crippen LogP contribution in [0.3, 0.4) is 0 Å². The van der Waals surface area contributed by atoms with E-state index in [1.54, 1.807) is 18.2 Å². The van der Waals surface area contributed by atoms with Crippen molar-refractivity contribution in [2.24, 2.45) is 4.99 Å². The standard InChI is InChI=1S/C20H24N4O4/c1-2-15(12-19(26)27)24-18(25)13-22-20(28)14-7-6-8-16(11-14)23-17-9-4-3-5-10-21-17/h1,6-8,11,15H,3-5,9-10,12-13H2,(H,21,23)(H,22,28)(H,24,25)(H,26,27)/t15-/m1/s1. The number of carboxylic acids is 1. The molecule has 0 saturated carbocycles.